The molecule has 0 heterocycles. The largest absolute Gasteiger partial charge is 0.495 e. The highest BCUT2D eigenvalue weighted by molar-refractivity contribution is 6.01. The van der Waals surface area contributed by atoms with Gasteiger partial charge in [-0.05, 0) is 18.2 Å². The van der Waals surface area contributed by atoms with E-state index in [9.17, 15) is 19.7 Å². The summed E-state index contributed by atoms with van der Waals surface area (Å²) in [5, 5.41) is 15.9. The van der Waals surface area contributed by atoms with Crippen molar-refractivity contribution in [2.45, 2.75) is 6.92 Å². The molecule has 0 saturated carbocycles. The van der Waals surface area contributed by atoms with E-state index in [0.717, 1.165) is 0 Å². The normalized spacial score (nSPS) is 9.84. The zero-order chi connectivity index (χ0) is 18.4. The summed E-state index contributed by atoms with van der Waals surface area (Å²) >= 11 is 0. The molecule has 25 heavy (non-hydrogen) atoms. The molecule has 2 rings (SSSR count). The number of hydrogen-bond donors (Lipinski definition) is 2. The molecule has 2 amide bonds. The van der Waals surface area contributed by atoms with Crippen LogP contribution in [-0.2, 0) is 4.79 Å². The second kappa shape index (κ2) is 7.77. The number of nitrogens with zero attached hydrogens (tertiary/aromatic N) is 1. The Hall–Kier alpha value is -3.62. The number of nitro benzene ring substituents is 1. The Morgan fingerprint density at radius 3 is 2.52 bits per heavy atom. The van der Waals surface area contributed by atoms with Gasteiger partial charge in [0.25, 0.3) is 5.69 Å². The first-order chi connectivity index (χ1) is 11.9. The topological polar surface area (TPSA) is 120 Å². The quantitative estimate of drug-likeness (QED) is 0.372. The van der Waals surface area contributed by atoms with Crippen LogP contribution >= 0.6 is 0 Å². The minimum atomic E-state index is -0.640. The summed E-state index contributed by atoms with van der Waals surface area (Å²) in [5.41, 5.74) is 0.332. The number of anilines is 2. The van der Waals surface area contributed by atoms with Crippen LogP contribution in [0.1, 0.15) is 6.92 Å². The van der Waals surface area contributed by atoms with Crippen molar-refractivity contribution in [2.75, 3.05) is 17.7 Å². The van der Waals surface area contributed by atoms with Crippen molar-refractivity contribution in [3.8, 4) is 11.5 Å². The number of carbonyl (C=O) groups excluding carboxylic acids is 2. The van der Waals surface area contributed by atoms with Crippen molar-refractivity contribution in [1.82, 2.24) is 0 Å². The number of amides is 2. The van der Waals surface area contributed by atoms with E-state index in [2.05, 4.69) is 10.6 Å². The highest BCUT2D eigenvalue weighted by atomic mass is 16.6. The SMILES string of the molecule is COc1ccc([N+](=O)[O-])cc1NC(=O)Nc1cccc(OC(C)=O)c1. The number of carbonyl (C=O) groups is 2. The third kappa shape index (κ3) is 4.93. The van der Waals surface area contributed by atoms with Gasteiger partial charge in [0.15, 0.2) is 0 Å². The number of non-ortho nitro benzene ring substituents is 1. The fraction of sp³-hybridized carbons (Fsp3) is 0.125. The van der Waals surface area contributed by atoms with Gasteiger partial charge in [0.2, 0.25) is 0 Å². The Morgan fingerprint density at radius 2 is 1.88 bits per heavy atom. The van der Waals surface area contributed by atoms with Gasteiger partial charge in [-0.1, -0.05) is 6.07 Å². The van der Waals surface area contributed by atoms with Gasteiger partial charge in [-0.3, -0.25) is 14.9 Å². The lowest BCUT2D eigenvalue weighted by Crippen LogP contribution is -2.20. The number of nitrogens with one attached hydrogen (secondary N) is 2. The smallest absolute Gasteiger partial charge is 0.323 e. The van der Waals surface area contributed by atoms with Crippen LogP contribution in [0, 0.1) is 10.1 Å². The maximum absolute atomic E-state index is 12.1. The fourth-order valence-electron chi connectivity index (χ4n) is 2.00. The summed E-state index contributed by atoms with van der Waals surface area (Å²) in [6, 6.07) is 9.42. The van der Waals surface area contributed by atoms with Crippen molar-refractivity contribution in [2.24, 2.45) is 0 Å². The fourth-order valence-corrected chi connectivity index (χ4v) is 2.00. The van der Waals surface area contributed by atoms with E-state index in [1.807, 2.05) is 0 Å². The van der Waals surface area contributed by atoms with Crippen LogP contribution in [-0.4, -0.2) is 24.0 Å². The van der Waals surface area contributed by atoms with Crippen LogP contribution in [0.4, 0.5) is 21.9 Å². The average molecular weight is 345 g/mol. The highest BCUT2D eigenvalue weighted by Gasteiger charge is 2.14. The van der Waals surface area contributed by atoms with Crippen molar-refractivity contribution >= 4 is 29.1 Å². The van der Waals surface area contributed by atoms with Crippen molar-refractivity contribution in [1.29, 1.82) is 0 Å². The van der Waals surface area contributed by atoms with Gasteiger partial charge < -0.3 is 20.1 Å². The molecule has 0 radical (unpaired) electrons. The molecule has 0 spiro atoms. The van der Waals surface area contributed by atoms with Crippen LogP contribution < -0.4 is 20.1 Å². The molecule has 0 saturated heterocycles. The Balaban J connectivity index is 2.13. The van der Waals surface area contributed by atoms with Crippen LogP contribution in [0.2, 0.25) is 0 Å². The predicted molar refractivity (Wildman–Crippen MR) is 90.0 cm³/mol. The number of rotatable bonds is 5. The van der Waals surface area contributed by atoms with Gasteiger partial charge in [0.05, 0.1) is 17.7 Å². The van der Waals surface area contributed by atoms with Crippen molar-refractivity contribution in [3.05, 3.63) is 52.6 Å². The third-order valence-electron chi connectivity index (χ3n) is 3.00. The van der Waals surface area contributed by atoms with E-state index in [0.29, 0.717) is 5.69 Å². The van der Waals surface area contributed by atoms with Gasteiger partial charge in [-0.25, -0.2) is 4.79 Å². The van der Waals surface area contributed by atoms with Crippen LogP contribution in [0.15, 0.2) is 42.5 Å². The first kappa shape index (κ1) is 17.7. The molecule has 0 aliphatic rings. The van der Waals surface area contributed by atoms with Gasteiger partial charge >= 0.3 is 12.0 Å². The van der Waals surface area contributed by atoms with Crippen molar-refractivity contribution < 1.29 is 24.0 Å². The average Bonchev–Trinajstić information content (AvgIpc) is 2.54. The van der Waals surface area contributed by atoms with E-state index >= 15 is 0 Å². The zero-order valence-corrected chi connectivity index (χ0v) is 13.4. The van der Waals surface area contributed by atoms with Crippen LogP contribution in [0.5, 0.6) is 11.5 Å². The van der Waals surface area contributed by atoms with Crippen molar-refractivity contribution in [3.63, 3.8) is 0 Å². The number of esters is 1. The first-order valence-corrected chi connectivity index (χ1v) is 7.08. The zero-order valence-electron chi connectivity index (χ0n) is 13.4. The first-order valence-electron chi connectivity index (χ1n) is 7.08. The molecule has 0 aromatic heterocycles. The molecule has 0 aliphatic carbocycles. The number of urea groups is 1. The molecular formula is C16H15N3O6. The summed E-state index contributed by atoms with van der Waals surface area (Å²) in [6.07, 6.45) is 0. The van der Waals surface area contributed by atoms with Gasteiger partial charge in [-0.2, -0.15) is 0 Å². The molecule has 2 aromatic rings. The molecular weight excluding hydrogens is 330 g/mol. The second-order valence-electron chi connectivity index (χ2n) is 4.84. The molecule has 0 unspecified atom stereocenters. The van der Waals surface area contributed by atoms with Gasteiger partial charge in [0, 0.05) is 30.8 Å². The summed E-state index contributed by atoms with van der Waals surface area (Å²) in [5.74, 6) is 0.0653. The minimum Gasteiger partial charge on any atom is -0.495 e. The number of methoxy groups -OCH3 is 1. The summed E-state index contributed by atoms with van der Waals surface area (Å²) in [7, 11) is 1.38. The highest BCUT2D eigenvalue weighted by Crippen LogP contribution is 2.29. The van der Waals surface area contributed by atoms with Crippen LogP contribution in [0.25, 0.3) is 0 Å². The Kier molecular flexibility index (Phi) is 5.51. The van der Waals surface area contributed by atoms with Gasteiger partial charge in [-0.15, -0.1) is 0 Å². The lowest BCUT2D eigenvalue weighted by molar-refractivity contribution is -0.384. The predicted octanol–water partition coefficient (Wildman–Crippen LogP) is 3.17. The molecule has 9 heteroatoms. The number of benzene rings is 2. The molecule has 130 valence electrons. The van der Waals surface area contributed by atoms with Crippen LogP contribution in [0.3, 0.4) is 0 Å². The molecule has 2 aromatic carbocycles. The van der Waals surface area contributed by atoms with E-state index in [1.54, 1.807) is 18.2 Å². The summed E-state index contributed by atoms with van der Waals surface area (Å²) in [4.78, 5) is 33.3. The molecule has 0 fully saturated rings. The van der Waals surface area contributed by atoms with Gasteiger partial charge in [0.1, 0.15) is 11.5 Å². The lowest BCUT2D eigenvalue weighted by Gasteiger charge is -2.11. The summed E-state index contributed by atoms with van der Waals surface area (Å²) < 4.78 is 10.00. The molecule has 0 bridgehead atoms. The molecule has 9 nitrogen and oxygen atoms in total. The summed E-state index contributed by atoms with van der Waals surface area (Å²) in [6.45, 7) is 1.27. The van der Waals surface area contributed by atoms with E-state index in [-0.39, 0.29) is 22.9 Å². The monoisotopic (exact) mass is 345 g/mol. The molecule has 0 atom stereocenters. The maximum Gasteiger partial charge on any atom is 0.323 e. The number of hydrogen-bond acceptors (Lipinski definition) is 6. The standard InChI is InChI=1S/C16H15N3O6/c1-10(20)25-13-5-3-4-11(8-13)17-16(21)18-14-9-12(19(22)23)6-7-15(14)24-2/h3-9H,1-2H3,(H2,17,18,21). The molecule has 2 N–H and O–H groups in total. The van der Waals surface area contributed by atoms with E-state index in [4.69, 9.17) is 9.47 Å². The number of ether oxygens (including phenoxy) is 2. The van der Waals surface area contributed by atoms with E-state index in [1.165, 1.54) is 38.3 Å². The third-order valence-corrected chi connectivity index (χ3v) is 3.00. The molecule has 0 aliphatic heterocycles. The lowest BCUT2D eigenvalue weighted by atomic mass is 10.2. The number of nitro groups is 1. The minimum absolute atomic E-state index is 0.144. The maximum atomic E-state index is 12.1. The Morgan fingerprint density at radius 1 is 1.12 bits per heavy atom. The Bertz CT molecular complexity index is 821. The Labute approximate surface area is 142 Å². The van der Waals surface area contributed by atoms with E-state index < -0.39 is 16.9 Å². The second-order valence-corrected chi connectivity index (χ2v) is 4.84.